The second-order valence-electron chi connectivity index (χ2n) is 2.04. The van der Waals surface area contributed by atoms with Crippen molar-refractivity contribution in [2.75, 3.05) is 0 Å². The lowest BCUT2D eigenvalue weighted by Crippen LogP contribution is -2.35. The molecule has 0 atom stereocenters. The molecule has 0 amide bonds. The van der Waals surface area contributed by atoms with Gasteiger partial charge in [0.05, 0.1) is 0 Å². The molecular formula is C6H7N5. The van der Waals surface area contributed by atoms with E-state index >= 15 is 0 Å². The highest BCUT2D eigenvalue weighted by molar-refractivity contribution is 5.97. The van der Waals surface area contributed by atoms with Gasteiger partial charge in [0.2, 0.25) is 0 Å². The fourth-order valence-corrected chi connectivity index (χ4v) is 0.823. The monoisotopic (exact) mass is 149 g/mol. The lowest BCUT2D eigenvalue weighted by Gasteiger charge is -1.96. The van der Waals surface area contributed by atoms with Crippen LogP contribution < -0.4 is 16.5 Å². The number of nitrogens with one attached hydrogen (secondary N) is 3. The van der Waals surface area contributed by atoms with Crippen LogP contribution in [0, 0.1) is 0 Å². The van der Waals surface area contributed by atoms with Crippen molar-refractivity contribution in [1.82, 2.24) is 21.5 Å². The van der Waals surface area contributed by atoms with Crippen LogP contribution in [-0.2, 0) is 0 Å². The van der Waals surface area contributed by atoms with Gasteiger partial charge in [-0.3, -0.25) is 10.4 Å². The highest BCUT2D eigenvalue weighted by atomic mass is 15.8. The molecule has 0 fully saturated rings. The van der Waals surface area contributed by atoms with Gasteiger partial charge in [0.25, 0.3) is 0 Å². The van der Waals surface area contributed by atoms with E-state index in [-0.39, 0.29) is 0 Å². The van der Waals surface area contributed by atoms with Crippen molar-refractivity contribution in [1.29, 1.82) is 0 Å². The van der Waals surface area contributed by atoms with Crippen LogP contribution in [0.25, 0.3) is 0 Å². The Labute approximate surface area is 63.5 Å². The van der Waals surface area contributed by atoms with E-state index in [0.717, 1.165) is 5.69 Å². The third-order valence-corrected chi connectivity index (χ3v) is 1.31. The molecule has 0 saturated heterocycles. The van der Waals surface area contributed by atoms with Crippen molar-refractivity contribution in [2.24, 2.45) is 5.10 Å². The van der Waals surface area contributed by atoms with Gasteiger partial charge in [0.1, 0.15) is 5.69 Å². The van der Waals surface area contributed by atoms with Gasteiger partial charge in [0, 0.05) is 6.20 Å². The minimum atomic E-state index is 0.700. The van der Waals surface area contributed by atoms with Crippen LogP contribution in [0.5, 0.6) is 0 Å². The fourth-order valence-electron chi connectivity index (χ4n) is 0.823. The summed E-state index contributed by atoms with van der Waals surface area (Å²) >= 11 is 0. The third kappa shape index (κ3) is 1.13. The van der Waals surface area contributed by atoms with Crippen LogP contribution >= 0.6 is 0 Å². The molecule has 0 saturated carbocycles. The molecule has 1 aromatic rings. The van der Waals surface area contributed by atoms with Crippen molar-refractivity contribution in [3.8, 4) is 0 Å². The first-order valence-corrected chi connectivity index (χ1v) is 3.22. The minimum Gasteiger partial charge on any atom is -0.283 e. The summed E-state index contributed by atoms with van der Waals surface area (Å²) in [6.45, 7) is 0. The van der Waals surface area contributed by atoms with Crippen LogP contribution in [0.15, 0.2) is 29.5 Å². The Morgan fingerprint density at radius 3 is 2.91 bits per heavy atom. The van der Waals surface area contributed by atoms with Gasteiger partial charge in [-0.2, -0.15) is 0 Å². The SMILES string of the molecule is c1ccc(C2=NNNN2)nc1. The molecule has 0 aliphatic carbocycles. The van der Waals surface area contributed by atoms with Crippen LogP contribution in [-0.4, -0.2) is 10.8 Å². The maximum Gasteiger partial charge on any atom is 0.189 e. The molecule has 1 aliphatic heterocycles. The Kier molecular flexibility index (Phi) is 1.42. The molecule has 0 bridgehead atoms. The number of hydrazone groups is 1. The summed E-state index contributed by atoms with van der Waals surface area (Å²) in [7, 11) is 0. The topological polar surface area (TPSA) is 61.3 Å². The molecular weight excluding hydrogens is 142 g/mol. The molecule has 0 unspecified atom stereocenters. The summed E-state index contributed by atoms with van der Waals surface area (Å²) in [5.74, 6) is 0.700. The van der Waals surface area contributed by atoms with Crippen LogP contribution in [0.2, 0.25) is 0 Å². The molecule has 56 valence electrons. The summed E-state index contributed by atoms with van der Waals surface area (Å²) in [6.07, 6.45) is 1.72. The summed E-state index contributed by atoms with van der Waals surface area (Å²) in [4.78, 5) is 4.09. The van der Waals surface area contributed by atoms with Crippen LogP contribution in [0.3, 0.4) is 0 Å². The molecule has 0 radical (unpaired) electrons. The Morgan fingerprint density at radius 2 is 2.27 bits per heavy atom. The number of rotatable bonds is 1. The molecule has 5 nitrogen and oxygen atoms in total. The maximum atomic E-state index is 4.09. The van der Waals surface area contributed by atoms with E-state index in [1.54, 1.807) is 6.20 Å². The highest BCUT2D eigenvalue weighted by Crippen LogP contribution is 1.94. The molecule has 11 heavy (non-hydrogen) atoms. The molecule has 3 N–H and O–H groups in total. The van der Waals surface area contributed by atoms with Crippen LogP contribution in [0.1, 0.15) is 5.69 Å². The number of amidine groups is 1. The zero-order valence-corrected chi connectivity index (χ0v) is 5.70. The number of hydrogen-bond donors (Lipinski definition) is 3. The first-order valence-electron chi connectivity index (χ1n) is 3.22. The van der Waals surface area contributed by atoms with Gasteiger partial charge >= 0.3 is 0 Å². The highest BCUT2D eigenvalue weighted by Gasteiger charge is 2.06. The molecule has 5 heteroatoms. The second kappa shape index (κ2) is 2.55. The fraction of sp³-hybridized carbons (Fsp3) is 0. The van der Waals surface area contributed by atoms with E-state index in [4.69, 9.17) is 0 Å². The van der Waals surface area contributed by atoms with E-state index in [1.807, 2.05) is 18.2 Å². The first kappa shape index (κ1) is 6.11. The quantitative estimate of drug-likeness (QED) is 0.497. The first-order chi connectivity index (χ1) is 5.47. The Hall–Kier alpha value is -1.62. The van der Waals surface area contributed by atoms with Gasteiger partial charge < -0.3 is 0 Å². The maximum absolute atomic E-state index is 4.09. The summed E-state index contributed by atoms with van der Waals surface area (Å²) in [5.41, 5.74) is 8.79. The lowest BCUT2D eigenvalue weighted by molar-refractivity contribution is 0.577. The molecule has 1 aromatic heterocycles. The standard InChI is InChI=1S/C6H7N5/c1-2-4-7-5(3-1)6-8-10-11-9-6/h1-4,10-11H,(H,8,9). The van der Waals surface area contributed by atoms with E-state index in [1.165, 1.54) is 0 Å². The molecule has 1 aliphatic rings. The van der Waals surface area contributed by atoms with Crippen molar-refractivity contribution in [2.45, 2.75) is 0 Å². The predicted molar refractivity (Wildman–Crippen MR) is 40.2 cm³/mol. The lowest BCUT2D eigenvalue weighted by atomic mass is 10.3. The number of hydrazine groups is 2. The number of nitrogens with zero attached hydrogens (tertiary/aromatic N) is 2. The van der Waals surface area contributed by atoms with E-state index in [9.17, 15) is 0 Å². The van der Waals surface area contributed by atoms with E-state index in [0.29, 0.717) is 5.84 Å². The third-order valence-electron chi connectivity index (χ3n) is 1.31. The Morgan fingerprint density at radius 1 is 1.27 bits per heavy atom. The van der Waals surface area contributed by atoms with Crippen molar-refractivity contribution < 1.29 is 0 Å². The minimum absolute atomic E-state index is 0.700. The van der Waals surface area contributed by atoms with Gasteiger partial charge in [-0.25, -0.2) is 5.53 Å². The zero-order valence-electron chi connectivity index (χ0n) is 5.70. The predicted octanol–water partition coefficient (Wildman–Crippen LogP) is -0.644. The normalized spacial score (nSPS) is 15.1. The number of hydrogen-bond acceptors (Lipinski definition) is 5. The smallest absolute Gasteiger partial charge is 0.189 e. The zero-order chi connectivity index (χ0) is 7.52. The molecule has 2 heterocycles. The van der Waals surface area contributed by atoms with Gasteiger partial charge in [-0.15, -0.1) is 10.6 Å². The van der Waals surface area contributed by atoms with Crippen molar-refractivity contribution >= 4 is 5.84 Å². The van der Waals surface area contributed by atoms with Gasteiger partial charge in [-0.1, -0.05) is 6.07 Å². The average Bonchev–Trinajstić information content (AvgIpc) is 2.58. The summed E-state index contributed by atoms with van der Waals surface area (Å²) in [6, 6.07) is 5.64. The molecule has 0 spiro atoms. The molecule has 0 aromatic carbocycles. The number of pyridine rings is 1. The van der Waals surface area contributed by atoms with Gasteiger partial charge in [0.15, 0.2) is 5.84 Å². The Bertz CT molecular complexity index is 268. The molecule has 2 rings (SSSR count). The number of aromatic nitrogens is 1. The van der Waals surface area contributed by atoms with Gasteiger partial charge in [-0.05, 0) is 12.1 Å². The van der Waals surface area contributed by atoms with E-state index < -0.39 is 0 Å². The summed E-state index contributed by atoms with van der Waals surface area (Å²) in [5, 5.41) is 3.89. The van der Waals surface area contributed by atoms with Crippen LogP contribution in [0.4, 0.5) is 0 Å². The van der Waals surface area contributed by atoms with E-state index in [2.05, 4.69) is 26.6 Å². The largest absolute Gasteiger partial charge is 0.283 e. The second-order valence-corrected chi connectivity index (χ2v) is 2.04. The van der Waals surface area contributed by atoms with Crippen molar-refractivity contribution in [3.05, 3.63) is 30.1 Å². The van der Waals surface area contributed by atoms with Crippen molar-refractivity contribution in [3.63, 3.8) is 0 Å². The average molecular weight is 149 g/mol. The summed E-state index contributed by atoms with van der Waals surface area (Å²) < 4.78 is 0. The Balaban J connectivity index is 2.29.